The molecule has 0 N–H and O–H groups in total. The molecular formula is C38H24N2O. The van der Waals surface area contributed by atoms with Crippen LogP contribution in [0.25, 0.3) is 71.5 Å². The third kappa shape index (κ3) is 3.90. The summed E-state index contributed by atoms with van der Waals surface area (Å²) >= 11 is 0. The van der Waals surface area contributed by atoms with Crippen LogP contribution in [0.1, 0.15) is 0 Å². The van der Waals surface area contributed by atoms with Crippen LogP contribution in [0.3, 0.4) is 0 Å². The standard InChI is InChI=1S/C38H24N2O/c41-38-23-36(25-9-2-1-3-10-25)39-37-20-18-29(24-40(37)38)27-12-8-11-26(21-27)28-17-19-34-32-15-5-4-13-30(32)31-14-6-7-16-33(31)35(34)22-28/h1-24H. The monoisotopic (exact) mass is 524 g/mol. The van der Waals surface area contributed by atoms with Crippen molar-refractivity contribution < 1.29 is 0 Å². The smallest absolute Gasteiger partial charge is 0.258 e. The number of rotatable bonds is 3. The lowest BCUT2D eigenvalue weighted by Crippen LogP contribution is -2.14. The van der Waals surface area contributed by atoms with Gasteiger partial charge in [-0.05, 0) is 78.8 Å². The summed E-state index contributed by atoms with van der Waals surface area (Å²) in [7, 11) is 0. The molecule has 0 fully saturated rings. The number of aromatic nitrogens is 2. The molecule has 3 nitrogen and oxygen atoms in total. The molecule has 192 valence electrons. The van der Waals surface area contributed by atoms with Gasteiger partial charge in [-0.25, -0.2) is 4.98 Å². The van der Waals surface area contributed by atoms with Gasteiger partial charge in [0.05, 0.1) is 5.69 Å². The Balaban J connectivity index is 1.24. The number of hydrogen-bond donors (Lipinski definition) is 0. The first-order chi connectivity index (χ1) is 20.2. The minimum Gasteiger partial charge on any atom is -0.269 e. The van der Waals surface area contributed by atoms with Crippen LogP contribution in [0, 0.1) is 0 Å². The van der Waals surface area contributed by atoms with E-state index >= 15 is 0 Å². The second kappa shape index (κ2) is 9.29. The number of fused-ring (bicyclic) bond motifs is 7. The van der Waals surface area contributed by atoms with Crippen LogP contribution in [0.5, 0.6) is 0 Å². The molecule has 0 bridgehead atoms. The van der Waals surface area contributed by atoms with Gasteiger partial charge < -0.3 is 0 Å². The molecule has 0 amide bonds. The summed E-state index contributed by atoms with van der Waals surface area (Å²) in [4.78, 5) is 17.8. The summed E-state index contributed by atoms with van der Waals surface area (Å²) in [6.07, 6.45) is 1.89. The molecular weight excluding hydrogens is 500 g/mol. The Morgan fingerprint density at radius 1 is 0.415 bits per heavy atom. The molecule has 6 aromatic carbocycles. The fraction of sp³-hybridized carbons (Fsp3) is 0. The minimum absolute atomic E-state index is 0.0968. The molecule has 8 aromatic rings. The highest BCUT2D eigenvalue weighted by Gasteiger charge is 2.11. The maximum Gasteiger partial charge on any atom is 0.258 e. The van der Waals surface area contributed by atoms with Crippen molar-refractivity contribution in [2.75, 3.05) is 0 Å². The predicted octanol–water partition coefficient (Wildman–Crippen LogP) is 9.16. The van der Waals surface area contributed by atoms with Crippen molar-refractivity contribution in [2.24, 2.45) is 0 Å². The molecule has 41 heavy (non-hydrogen) atoms. The van der Waals surface area contributed by atoms with Gasteiger partial charge in [0.25, 0.3) is 5.56 Å². The molecule has 2 heterocycles. The third-order valence-electron chi connectivity index (χ3n) is 8.00. The molecule has 0 unspecified atom stereocenters. The average Bonchev–Trinajstić information content (AvgIpc) is 3.05. The van der Waals surface area contributed by atoms with Crippen LogP contribution in [0.4, 0.5) is 0 Å². The maximum absolute atomic E-state index is 13.1. The summed E-state index contributed by atoms with van der Waals surface area (Å²) in [6, 6.07) is 47.9. The zero-order valence-corrected chi connectivity index (χ0v) is 22.2. The molecule has 0 spiro atoms. The second-order valence-corrected chi connectivity index (χ2v) is 10.4. The number of benzene rings is 6. The largest absolute Gasteiger partial charge is 0.269 e. The van der Waals surface area contributed by atoms with E-state index in [0.717, 1.165) is 27.8 Å². The van der Waals surface area contributed by atoms with E-state index in [9.17, 15) is 4.79 Å². The molecule has 0 aliphatic rings. The Labute approximate surface area is 236 Å². The van der Waals surface area contributed by atoms with E-state index in [4.69, 9.17) is 4.98 Å². The Hall–Kier alpha value is -5.54. The van der Waals surface area contributed by atoms with Gasteiger partial charge in [0.1, 0.15) is 5.65 Å². The van der Waals surface area contributed by atoms with E-state index in [0.29, 0.717) is 11.3 Å². The van der Waals surface area contributed by atoms with Crippen molar-refractivity contribution in [3.05, 3.63) is 156 Å². The van der Waals surface area contributed by atoms with Gasteiger partial charge in [-0.3, -0.25) is 9.20 Å². The summed E-state index contributed by atoms with van der Waals surface area (Å²) in [5.74, 6) is 0. The van der Waals surface area contributed by atoms with Gasteiger partial charge >= 0.3 is 0 Å². The van der Waals surface area contributed by atoms with Gasteiger partial charge in [-0.2, -0.15) is 0 Å². The van der Waals surface area contributed by atoms with Crippen LogP contribution < -0.4 is 5.56 Å². The van der Waals surface area contributed by atoms with E-state index in [-0.39, 0.29) is 5.56 Å². The highest BCUT2D eigenvalue weighted by molar-refractivity contribution is 6.25. The molecule has 0 saturated heterocycles. The van der Waals surface area contributed by atoms with E-state index in [1.54, 1.807) is 10.5 Å². The average molecular weight is 525 g/mol. The van der Waals surface area contributed by atoms with Gasteiger partial charge in [-0.1, -0.05) is 109 Å². The Kier molecular flexibility index (Phi) is 5.29. The van der Waals surface area contributed by atoms with E-state index in [2.05, 4.69) is 91.0 Å². The fourth-order valence-corrected chi connectivity index (χ4v) is 6.00. The third-order valence-corrected chi connectivity index (χ3v) is 8.00. The number of nitrogens with zero attached hydrogens (tertiary/aromatic N) is 2. The molecule has 0 radical (unpaired) electrons. The summed E-state index contributed by atoms with van der Waals surface area (Å²) in [6.45, 7) is 0. The Morgan fingerprint density at radius 2 is 0.951 bits per heavy atom. The Morgan fingerprint density at radius 3 is 1.66 bits per heavy atom. The second-order valence-electron chi connectivity index (χ2n) is 10.4. The van der Waals surface area contributed by atoms with Crippen molar-refractivity contribution in [3.63, 3.8) is 0 Å². The van der Waals surface area contributed by atoms with Gasteiger partial charge in [0, 0.05) is 17.8 Å². The number of pyridine rings is 1. The van der Waals surface area contributed by atoms with Crippen LogP contribution in [-0.2, 0) is 0 Å². The lowest BCUT2D eigenvalue weighted by molar-refractivity contribution is 1.05. The normalized spacial score (nSPS) is 11.5. The van der Waals surface area contributed by atoms with Crippen LogP contribution in [0.15, 0.2) is 151 Å². The molecule has 3 heteroatoms. The van der Waals surface area contributed by atoms with Crippen molar-refractivity contribution in [1.29, 1.82) is 0 Å². The lowest BCUT2D eigenvalue weighted by Gasteiger charge is -2.13. The highest BCUT2D eigenvalue weighted by atomic mass is 16.1. The van der Waals surface area contributed by atoms with Gasteiger partial charge in [-0.15, -0.1) is 0 Å². The highest BCUT2D eigenvalue weighted by Crippen LogP contribution is 2.37. The van der Waals surface area contributed by atoms with Gasteiger partial charge in [0.15, 0.2) is 0 Å². The van der Waals surface area contributed by atoms with Crippen molar-refractivity contribution in [3.8, 4) is 33.5 Å². The predicted molar refractivity (Wildman–Crippen MR) is 170 cm³/mol. The zero-order valence-electron chi connectivity index (χ0n) is 22.2. The lowest BCUT2D eigenvalue weighted by atomic mass is 9.91. The van der Waals surface area contributed by atoms with Gasteiger partial charge in [0.2, 0.25) is 0 Å². The van der Waals surface area contributed by atoms with Crippen LogP contribution in [-0.4, -0.2) is 9.38 Å². The SMILES string of the molecule is O=c1cc(-c2ccccc2)nc2ccc(-c3cccc(-c4ccc5c6ccccc6c6ccccc6c5c4)c3)cn12. The summed E-state index contributed by atoms with van der Waals surface area (Å²) in [5, 5.41) is 7.59. The van der Waals surface area contributed by atoms with Crippen molar-refractivity contribution >= 4 is 38.0 Å². The van der Waals surface area contributed by atoms with Crippen LogP contribution >= 0.6 is 0 Å². The molecule has 0 aliphatic carbocycles. The first-order valence-electron chi connectivity index (χ1n) is 13.8. The van der Waals surface area contributed by atoms with Crippen LogP contribution in [0.2, 0.25) is 0 Å². The molecule has 8 rings (SSSR count). The molecule has 0 saturated carbocycles. The summed E-state index contributed by atoms with van der Waals surface area (Å²) < 4.78 is 1.63. The Bertz CT molecular complexity index is 2300. The number of hydrogen-bond acceptors (Lipinski definition) is 2. The zero-order chi connectivity index (χ0) is 27.3. The van der Waals surface area contributed by atoms with E-state index in [1.807, 2.05) is 48.7 Å². The summed E-state index contributed by atoms with van der Waals surface area (Å²) in [5.41, 5.74) is 6.45. The van der Waals surface area contributed by atoms with E-state index in [1.165, 1.54) is 32.3 Å². The van der Waals surface area contributed by atoms with Crippen molar-refractivity contribution in [2.45, 2.75) is 0 Å². The topological polar surface area (TPSA) is 34.4 Å². The first kappa shape index (κ1) is 23.4. The fourth-order valence-electron chi connectivity index (χ4n) is 6.00. The first-order valence-corrected chi connectivity index (χ1v) is 13.8. The van der Waals surface area contributed by atoms with Crippen molar-refractivity contribution in [1.82, 2.24) is 9.38 Å². The molecule has 2 aromatic heterocycles. The quantitative estimate of drug-likeness (QED) is 0.216. The van der Waals surface area contributed by atoms with E-state index < -0.39 is 0 Å². The molecule has 0 aliphatic heterocycles. The molecule has 0 atom stereocenters. The minimum atomic E-state index is -0.0968. The maximum atomic E-state index is 13.1.